The molecule has 3 rings (SSSR count). The molecule has 3 aliphatic heterocycles. The van der Waals surface area contributed by atoms with Crippen LogP contribution in [0.2, 0.25) is 0 Å². The summed E-state index contributed by atoms with van der Waals surface area (Å²) in [5.74, 6) is -0.922. The average molecular weight is 253 g/mol. The van der Waals surface area contributed by atoms with Crippen molar-refractivity contribution in [1.82, 2.24) is 10.2 Å². The zero-order valence-corrected chi connectivity index (χ0v) is 9.89. The van der Waals surface area contributed by atoms with E-state index in [1.54, 1.807) is 0 Å². The lowest BCUT2D eigenvalue weighted by molar-refractivity contribution is -0.157. The summed E-state index contributed by atoms with van der Waals surface area (Å²) in [5.41, 5.74) is -1.01. The van der Waals surface area contributed by atoms with Crippen LogP contribution in [-0.4, -0.2) is 55.3 Å². The molecule has 18 heavy (non-hydrogen) atoms. The van der Waals surface area contributed by atoms with Crippen LogP contribution in [0.25, 0.3) is 0 Å². The summed E-state index contributed by atoms with van der Waals surface area (Å²) in [7, 11) is 2.83. The maximum absolute atomic E-state index is 12.2. The van der Waals surface area contributed by atoms with Crippen molar-refractivity contribution in [1.29, 1.82) is 0 Å². The van der Waals surface area contributed by atoms with Crippen molar-refractivity contribution >= 4 is 19.1 Å². The lowest BCUT2D eigenvalue weighted by atomic mass is 9.84. The van der Waals surface area contributed by atoms with Gasteiger partial charge in [0.25, 0.3) is 0 Å². The Hall–Kier alpha value is -1.12. The second-order valence-corrected chi connectivity index (χ2v) is 4.72. The van der Waals surface area contributed by atoms with Crippen LogP contribution in [-0.2, 0) is 23.6 Å². The van der Waals surface area contributed by atoms with Gasteiger partial charge in [-0.25, -0.2) is 0 Å². The van der Waals surface area contributed by atoms with Gasteiger partial charge in [0.15, 0.2) is 0 Å². The smallest absolute Gasteiger partial charge is 0.497 e. The normalized spacial score (nSPS) is 37.2. The molecule has 0 amide bonds. The minimum Gasteiger partial charge on any atom is -0.497 e. The molecule has 3 aliphatic rings. The van der Waals surface area contributed by atoms with Crippen LogP contribution in [0, 0.1) is 7.05 Å². The Morgan fingerprint density at radius 1 is 1.44 bits per heavy atom. The fraction of sp³-hybridized carbons (Fsp3) is 0.700. The lowest BCUT2D eigenvalue weighted by Gasteiger charge is -2.43. The zero-order valence-electron chi connectivity index (χ0n) is 9.89. The molecule has 8 heteroatoms. The van der Waals surface area contributed by atoms with E-state index in [2.05, 4.69) is 12.4 Å². The third-order valence-corrected chi connectivity index (χ3v) is 3.46. The van der Waals surface area contributed by atoms with Crippen molar-refractivity contribution in [2.45, 2.75) is 24.5 Å². The number of rotatable bonds is 1. The number of nitrogens with one attached hydrogen (secondary N) is 1. The molecule has 1 spiro atoms. The highest BCUT2D eigenvalue weighted by atomic mass is 16.7. The molecule has 0 aromatic rings. The number of carbonyl (C=O) groups is 2. The summed E-state index contributed by atoms with van der Waals surface area (Å²) in [5, 5.41) is 3.08. The number of carbonyl (C=O) groups excluding carboxylic acids is 2. The van der Waals surface area contributed by atoms with Crippen LogP contribution in [0.1, 0.15) is 12.8 Å². The van der Waals surface area contributed by atoms with Crippen LogP contribution in [0.4, 0.5) is 0 Å². The van der Waals surface area contributed by atoms with Gasteiger partial charge in [-0.15, -0.1) is 0 Å². The molecule has 0 bridgehead atoms. The first kappa shape index (κ1) is 11.9. The van der Waals surface area contributed by atoms with E-state index >= 15 is 0 Å². The lowest BCUT2D eigenvalue weighted by Crippen LogP contribution is -2.63. The summed E-state index contributed by atoms with van der Waals surface area (Å²) in [4.78, 5) is 25.3. The molecule has 3 fully saturated rings. The quantitative estimate of drug-likeness (QED) is 0.353. The topological polar surface area (TPSA) is 80.4 Å². The Morgan fingerprint density at radius 3 is 2.83 bits per heavy atom. The van der Waals surface area contributed by atoms with Gasteiger partial charge in [-0.3, -0.25) is 22.0 Å². The van der Waals surface area contributed by atoms with Crippen LogP contribution in [0.15, 0.2) is 0 Å². The van der Waals surface area contributed by atoms with Gasteiger partial charge in [0.05, 0.1) is 13.2 Å². The first-order valence-electron chi connectivity index (χ1n) is 5.97. The van der Waals surface area contributed by atoms with E-state index in [1.165, 1.54) is 4.90 Å². The summed E-state index contributed by atoms with van der Waals surface area (Å²) >= 11 is 0. The van der Waals surface area contributed by atoms with E-state index < -0.39 is 24.7 Å². The fourth-order valence-electron chi connectivity index (χ4n) is 2.35. The fourth-order valence-corrected chi connectivity index (χ4v) is 2.35. The zero-order chi connectivity index (χ0) is 12.8. The Morgan fingerprint density at radius 2 is 2.22 bits per heavy atom. The number of hydrogen-bond acceptors (Lipinski definition) is 7. The van der Waals surface area contributed by atoms with Crippen molar-refractivity contribution < 1.29 is 23.6 Å². The van der Waals surface area contributed by atoms with Crippen LogP contribution in [0.3, 0.4) is 0 Å². The molecule has 98 valence electrons. The minimum atomic E-state index is -1.01. The van der Waals surface area contributed by atoms with Gasteiger partial charge in [-0.1, -0.05) is 0 Å². The molecule has 3 saturated heterocycles. The maximum atomic E-state index is 12.2. The monoisotopic (exact) mass is 253 g/mol. The van der Waals surface area contributed by atoms with Crippen molar-refractivity contribution in [2.24, 2.45) is 0 Å². The highest BCUT2D eigenvalue weighted by Crippen LogP contribution is 2.28. The van der Waals surface area contributed by atoms with Crippen molar-refractivity contribution in [3.05, 3.63) is 7.05 Å². The molecule has 1 N–H and O–H groups in total. The highest BCUT2D eigenvalue weighted by Gasteiger charge is 2.53. The molecule has 0 saturated carbocycles. The molecular formula is C10H14BN2O5-. The first-order valence-corrected chi connectivity index (χ1v) is 5.97. The second kappa shape index (κ2) is 4.22. The van der Waals surface area contributed by atoms with Gasteiger partial charge < -0.3 is 18.9 Å². The van der Waals surface area contributed by atoms with Gasteiger partial charge in [-0.2, -0.15) is 0 Å². The number of nitrogens with zero attached hydrogens (tertiary/aromatic N) is 1. The van der Waals surface area contributed by atoms with E-state index in [1.807, 2.05) is 0 Å². The summed E-state index contributed by atoms with van der Waals surface area (Å²) in [6.07, 6.45) is 1.40. The largest absolute Gasteiger partial charge is 0.632 e. The molecule has 2 atom stereocenters. The molecule has 7 nitrogen and oxygen atoms in total. The summed E-state index contributed by atoms with van der Waals surface area (Å²) < 4.78 is 15.3. The number of epoxide rings is 1. The molecule has 1 unspecified atom stereocenters. The number of ether oxygens (including phenoxy) is 1. The van der Waals surface area contributed by atoms with E-state index in [9.17, 15) is 9.59 Å². The van der Waals surface area contributed by atoms with Crippen molar-refractivity contribution in [2.75, 3.05) is 19.7 Å². The third kappa shape index (κ3) is 1.90. The van der Waals surface area contributed by atoms with Gasteiger partial charge >= 0.3 is 19.1 Å². The second-order valence-electron chi connectivity index (χ2n) is 4.72. The SMILES string of the molecule is [CH2-]N1CC(=O)OB(C2CO2)OC(=O)[C@]12CCCN2. The Bertz CT molecular complexity index is 380. The van der Waals surface area contributed by atoms with Crippen LogP contribution < -0.4 is 5.32 Å². The minimum absolute atomic E-state index is 0.0503. The van der Waals surface area contributed by atoms with Gasteiger partial charge in [-0.05, 0) is 19.4 Å². The molecular weight excluding hydrogens is 239 g/mol. The third-order valence-electron chi connectivity index (χ3n) is 3.46. The van der Waals surface area contributed by atoms with Gasteiger partial charge in [0, 0.05) is 0 Å². The molecule has 3 heterocycles. The Labute approximate surface area is 105 Å². The van der Waals surface area contributed by atoms with E-state index in [-0.39, 0.29) is 12.5 Å². The van der Waals surface area contributed by atoms with Gasteiger partial charge in [0.2, 0.25) is 0 Å². The summed E-state index contributed by atoms with van der Waals surface area (Å²) in [6.45, 7) is 1.09. The van der Waals surface area contributed by atoms with E-state index in [4.69, 9.17) is 14.0 Å². The predicted molar refractivity (Wildman–Crippen MR) is 59.7 cm³/mol. The predicted octanol–water partition coefficient (Wildman–Crippen LogP) is -1.31. The standard InChI is InChI=1S/C10H14BN2O5/c1-13-5-8(14)17-11(7-6-16-7)18-9(15)10(13)3-2-4-12-10/h7,12H,1-6H2/q-1/t7?,10-/m0/s1. The van der Waals surface area contributed by atoms with Crippen LogP contribution in [0.5, 0.6) is 0 Å². The van der Waals surface area contributed by atoms with E-state index in [0.717, 1.165) is 6.42 Å². The first-order chi connectivity index (χ1) is 8.62. The molecule has 0 radical (unpaired) electrons. The van der Waals surface area contributed by atoms with Crippen molar-refractivity contribution in [3.8, 4) is 0 Å². The Balaban J connectivity index is 1.84. The summed E-state index contributed by atoms with van der Waals surface area (Å²) in [6, 6.07) is -0.326. The number of hydrogen-bond donors (Lipinski definition) is 1. The van der Waals surface area contributed by atoms with Crippen molar-refractivity contribution in [3.63, 3.8) is 0 Å². The maximum Gasteiger partial charge on any atom is 0.632 e. The van der Waals surface area contributed by atoms with Crippen LogP contribution >= 0.6 is 0 Å². The molecule has 0 aromatic heterocycles. The molecule has 0 aliphatic carbocycles. The Kier molecular flexibility index (Phi) is 2.80. The van der Waals surface area contributed by atoms with Gasteiger partial charge in [0.1, 0.15) is 11.7 Å². The average Bonchev–Trinajstić information content (AvgIpc) is 3.03. The highest BCUT2D eigenvalue weighted by molar-refractivity contribution is 6.51. The molecule has 0 aromatic carbocycles. The van der Waals surface area contributed by atoms with E-state index in [0.29, 0.717) is 19.6 Å².